The largest absolute Gasteiger partial charge is 0.310 e. The molecule has 1 aromatic carbocycles. The molecule has 1 nitrogen and oxygen atoms in total. The summed E-state index contributed by atoms with van der Waals surface area (Å²) in [7, 11) is 0. The van der Waals surface area contributed by atoms with E-state index in [9.17, 15) is 0 Å². The van der Waals surface area contributed by atoms with Gasteiger partial charge in [-0.15, -0.1) is 0 Å². The minimum Gasteiger partial charge on any atom is -0.310 e. The lowest BCUT2D eigenvalue weighted by molar-refractivity contribution is 0.570. The fourth-order valence-corrected chi connectivity index (χ4v) is 1.43. The van der Waals surface area contributed by atoms with Crippen molar-refractivity contribution in [3.05, 3.63) is 42.0 Å². The molecular formula is C13H19N. The number of nitrogens with one attached hydrogen (secondary N) is 1. The topological polar surface area (TPSA) is 12.0 Å². The van der Waals surface area contributed by atoms with Gasteiger partial charge in [0.15, 0.2) is 0 Å². The highest BCUT2D eigenvalue weighted by Crippen LogP contribution is 2.14. The van der Waals surface area contributed by atoms with Crippen molar-refractivity contribution in [2.75, 3.05) is 6.54 Å². The third-order valence-electron chi connectivity index (χ3n) is 2.35. The molecule has 0 radical (unpaired) electrons. The van der Waals surface area contributed by atoms with Crippen molar-refractivity contribution in [3.8, 4) is 0 Å². The van der Waals surface area contributed by atoms with E-state index in [-0.39, 0.29) is 0 Å². The molecule has 1 heteroatoms. The van der Waals surface area contributed by atoms with Crippen molar-refractivity contribution in [1.29, 1.82) is 0 Å². The van der Waals surface area contributed by atoms with Gasteiger partial charge in [-0.05, 0) is 31.0 Å². The highest BCUT2D eigenvalue weighted by Gasteiger charge is 2.02. The molecule has 0 aromatic heterocycles. The van der Waals surface area contributed by atoms with Crippen LogP contribution < -0.4 is 5.32 Å². The number of hydrogen-bond acceptors (Lipinski definition) is 1. The molecule has 1 aromatic rings. The second kappa shape index (κ2) is 5.61. The van der Waals surface area contributed by atoms with Crippen LogP contribution in [0.1, 0.15) is 37.4 Å². The van der Waals surface area contributed by atoms with E-state index in [1.54, 1.807) is 0 Å². The van der Waals surface area contributed by atoms with Gasteiger partial charge in [0.05, 0.1) is 0 Å². The van der Waals surface area contributed by atoms with Crippen molar-refractivity contribution < 1.29 is 0 Å². The van der Waals surface area contributed by atoms with Crippen LogP contribution in [0.4, 0.5) is 0 Å². The van der Waals surface area contributed by atoms with Gasteiger partial charge in [0.1, 0.15) is 0 Å². The van der Waals surface area contributed by atoms with Crippen molar-refractivity contribution in [2.24, 2.45) is 0 Å². The molecule has 1 N–H and O–H groups in total. The molecule has 0 spiro atoms. The van der Waals surface area contributed by atoms with E-state index in [0.717, 1.165) is 6.54 Å². The average Bonchev–Trinajstić information content (AvgIpc) is 2.26. The molecule has 1 unspecified atom stereocenters. The molecule has 0 aliphatic heterocycles. The minimum atomic E-state index is 0.426. The van der Waals surface area contributed by atoms with E-state index in [0.29, 0.717) is 6.04 Å². The first-order valence-electron chi connectivity index (χ1n) is 5.23. The van der Waals surface area contributed by atoms with Gasteiger partial charge in [-0.1, -0.05) is 43.8 Å². The van der Waals surface area contributed by atoms with E-state index >= 15 is 0 Å². The summed E-state index contributed by atoms with van der Waals surface area (Å²) in [5, 5.41) is 3.47. The van der Waals surface area contributed by atoms with Crippen molar-refractivity contribution in [2.45, 2.75) is 26.3 Å². The maximum absolute atomic E-state index is 3.77. The molecule has 76 valence electrons. The van der Waals surface area contributed by atoms with Gasteiger partial charge in [-0.3, -0.25) is 0 Å². The van der Waals surface area contributed by atoms with E-state index < -0.39 is 0 Å². The first-order valence-corrected chi connectivity index (χ1v) is 5.23. The number of benzene rings is 1. The van der Waals surface area contributed by atoms with E-state index in [4.69, 9.17) is 0 Å². The second-order valence-corrected chi connectivity index (χ2v) is 3.55. The Morgan fingerprint density at radius 1 is 1.50 bits per heavy atom. The van der Waals surface area contributed by atoms with Crippen LogP contribution in [0, 0.1) is 0 Å². The summed E-state index contributed by atoms with van der Waals surface area (Å²) < 4.78 is 0. The average molecular weight is 189 g/mol. The summed E-state index contributed by atoms with van der Waals surface area (Å²) in [6.07, 6.45) is 3.06. The van der Waals surface area contributed by atoms with Crippen molar-refractivity contribution in [3.63, 3.8) is 0 Å². The van der Waals surface area contributed by atoms with Crippen LogP contribution >= 0.6 is 0 Å². The van der Waals surface area contributed by atoms with E-state index in [2.05, 4.69) is 50.0 Å². The fraction of sp³-hybridized carbons (Fsp3) is 0.385. The Labute approximate surface area is 86.8 Å². The molecular weight excluding hydrogens is 170 g/mol. The monoisotopic (exact) mass is 189 g/mol. The lowest BCUT2D eigenvalue weighted by atomic mass is 10.1. The van der Waals surface area contributed by atoms with E-state index in [1.165, 1.54) is 17.5 Å². The smallest absolute Gasteiger partial charge is 0.0292 e. The normalized spacial score (nSPS) is 12.4. The molecule has 0 amide bonds. The van der Waals surface area contributed by atoms with Gasteiger partial charge < -0.3 is 5.32 Å². The maximum atomic E-state index is 3.77. The minimum absolute atomic E-state index is 0.426. The number of rotatable bonds is 5. The standard InChI is InChI=1S/C13H19N/c1-4-9-14-11(3)13-8-6-7-12(5-2)10-13/h5-8,10-11,14H,2,4,9H2,1,3H3. The van der Waals surface area contributed by atoms with Crippen LogP contribution in [0.5, 0.6) is 0 Å². The highest BCUT2D eigenvalue weighted by molar-refractivity contribution is 5.48. The zero-order valence-corrected chi connectivity index (χ0v) is 9.09. The second-order valence-electron chi connectivity index (χ2n) is 3.55. The molecule has 0 aliphatic carbocycles. The Hall–Kier alpha value is -1.08. The first-order chi connectivity index (χ1) is 6.77. The van der Waals surface area contributed by atoms with Gasteiger partial charge in [-0.25, -0.2) is 0 Å². The van der Waals surface area contributed by atoms with Crippen LogP contribution in [0.3, 0.4) is 0 Å². The van der Waals surface area contributed by atoms with Gasteiger partial charge in [-0.2, -0.15) is 0 Å². The van der Waals surface area contributed by atoms with Crippen LogP contribution in [0.2, 0.25) is 0 Å². The molecule has 0 bridgehead atoms. The summed E-state index contributed by atoms with van der Waals surface area (Å²) in [6, 6.07) is 8.91. The molecule has 0 saturated carbocycles. The van der Waals surface area contributed by atoms with Crippen LogP contribution in [-0.4, -0.2) is 6.54 Å². The zero-order chi connectivity index (χ0) is 10.4. The van der Waals surface area contributed by atoms with Gasteiger partial charge in [0.2, 0.25) is 0 Å². The Bertz CT molecular complexity index is 291. The Kier molecular flexibility index (Phi) is 4.41. The van der Waals surface area contributed by atoms with Crippen molar-refractivity contribution >= 4 is 6.08 Å². The quantitative estimate of drug-likeness (QED) is 0.748. The Morgan fingerprint density at radius 2 is 2.29 bits per heavy atom. The summed E-state index contributed by atoms with van der Waals surface area (Å²) in [5.74, 6) is 0. The lowest BCUT2D eigenvalue weighted by Gasteiger charge is -2.13. The first kappa shape index (κ1) is 11.0. The van der Waals surface area contributed by atoms with E-state index in [1.807, 2.05) is 6.08 Å². The predicted octanol–water partition coefficient (Wildman–Crippen LogP) is 3.39. The third-order valence-corrected chi connectivity index (χ3v) is 2.35. The molecule has 1 atom stereocenters. The Morgan fingerprint density at radius 3 is 2.93 bits per heavy atom. The third kappa shape index (κ3) is 3.00. The highest BCUT2D eigenvalue weighted by atomic mass is 14.9. The SMILES string of the molecule is C=Cc1cccc(C(C)NCCC)c1. The predicted molar refractivity (Wildman–Crippen MR) is 63.2 cm³/mol. The summed E-state index contributed by atoms with van der Waals surface area (Å²) in [6.45, 7) is 9.21. The lowest BCUT2D eigenvalue weighted by Crippen LogP contribution is -2.19. The molecule has 0 fully saturated rings. The molecule has 0 aliphatic rings. The molecule has 14 heavy (non-hydrogen) atoms. The fourth-order valence-electron chi connectivity index (χ4n) is 1.43. The summed E-state index contributed by atoms with van der Waals surface area (Å²) >= 11 is 0. The van der Waals surface area contributed by atoms with Crippen LogP contribution in [0.25, 0.3) is 6.08 Å². The summed E-state index contributed by atoms with van der Waals surface area (Å²) in [5.41, 5.74) is 2.52. The molecule has 0 heterocycles. The Balaban J connectivity index is 2.68. The molecule has 0 saturated heterocycles. The zero-order valence-electron chi connectivity index (χ0n) is 9.09. The van der Waals surface area contributed by atoms with Gasteiger partial charge >= 0.3 is 0 Å². The summed E-state index contributed by atoms with van der Waals surface area (Å²) in [4.78, 5) is 0. The van der Waals surface area contributed by atoms with Gasteiger partial charge in [0, 0.05) is 6.04 Å². The van der Waals surface area contributed by atoms with Crippen molar-refractivity contribution in [1.82, 2.24) is 5.32 Å². The molecule has 1 rings (SSSR count). The van der Waals surface area contributed by atoms with Crippen LogP contribution in [-0.2, 0) is 0 Å². The maximum Gasteiger partial charge on any atom is 0.0292 e. The van der Waals surface area contributed by atoms with Crippen LogP contribution in [0.15, 0.2) is 30.8 Å². The number of hydrogen-bond donors (Lipinski definition) is 1. The van der Waals surface area contributed by atoms with Gasteiger partial charge in [0.25, 0.3) is 0 Å².